The minimum atomic E-state index is -4.29. The molecule has 1 aromatic carbocycles. The van der Waals surface area contributed by atoms with Crippen molar-refractivity contribution >= 4 is 21.7 Å². The predicted octanol–water partition coefficient (Wildman–Crippen LogP) is 1.74. The largest absolute Gasteiger partial charge is 0.478 e. The molecule has 0 aliphatic carbocycles. The molecule has 0 unspecified atom stereocenters. The van der Waals surface area contributed by atoms with E-state index in [2.05, 4.69) is 4.98 Å². The van der Waals surface area contributed by atoms with Gasteiger partial charge in [0.15, 0.2) is 5.82 Å². The van der Waals surface area contributed by atoms with Crippen molar-refractivity contribution in [1.29, 1.82) is 0 Å². The fourth-order valence-corrected chi connectivity index (χ4v) is 2.94. The highest BCUT2D eigenvalue weighted by Gasteiger charge is 2.28. The highest BCUT2D eigenvalue weighted by atomic mass is 32.2. The number of halogens is 1. The van der Waals surface area contributed by atoms with Crippen LogP contribution in [-0.2, 0) is 10.0 Å². The van der Waals surface area contributed by atoms with Crippen molar-refractivity contribution in [1.82, 2.24) is 4.98 Å². The molecule has 0 radical (unpaired) electrons. The predicted molar refractivity (Wildman–Crippen MR) is 73.2 cm³/mol. The van der Waals surface area contributed by atoms with E-state index in [0.29, 0.717) is 4.31 Å². The maximum atomic E-state index is 13.6. The molecule has 1 N–H and O–H groups in total. The van der Waals surface area contributed by atoms with E-state index in [1.165, 1.54) is 30.3 Å². The fourth-order valence-electron chi connectivity index (χ4n) is 1.75. The van der Waals surface area contributed by atoms with Crippen molar-refractivity contribution in [3.8, 4) is 0 Å². The minimum absolute atomic E-state index is 0.0740. The number of aromatic carboxylic acids is 1. The van der Waals surface area contributed by atoms with Gasteiger partial charge in [-0.15, -0.1) is 0 Å². The third-order valence-corrected chi connectivity index (χ3v) is 4.51. The van der Waals surface area contributed by atoms with Crippen molar-refractivity contribution in [2.75, 3.05) is 11.4 Å². The van der Waals surface area contributed by atoms with Crippen LogP contribution in [-0.4, -0.2) is 31.5 Å². The molecule has 0 aliphatic heterocycles. The molecule has 2 aromatic rings. The Balaban J connectivity index is 2.57. The molecule has 1 aromatic heterocycles. The van der Waals surface area contributed by atoms with Crippen molar-refractivity contribution in [3.05, 3.63) is 54.0 Å². The molecule has 8 heteroatoms. The Morgan fingerprint density at radius 1 is 1.24 bits per heavy atom. The summed E-state index contributed by atoms with van der Waals surface area (Å²) in [5.74, 6) is -2.29. The number of rotatable bonds is 4. The second-order valence-electron chi connectivity index (χ2n) is 4.09. The summed E-state index contributed by atoms with van der Waals surface area (Å²) in [5.41, 5.74) is -0.282. The first-order chi connectivity index (χ1) is 9.85. The lowest BCUT2D eigenvalue weighted by Crippen LogP contribution is -2.29. The Labute approximate surface area is 120 Å². The third-order valence-electron chi connectivity index (χ3n) is 2.80. The summed E-state index contributed by atoms with van der Waals surface area (Å²) in [6, 6.07) is 7.77. The average molecular weight is 310 g/mol. The number of nitrogens with zero attached hydrogens (tertiary/aromatic N) is 2. The van der Waals surface area contributed by atoms with E-state index in [1.54, 1.807) is 0 Å². The van der Waals surface area contributed by atoms with Crippen LogP contribution >= 0.6 is 0 Å². The summed E-state index contributed by atoms with van der Waals surface area (Å²) in [7, 11) is -3.15. The SMILES string of the molecule is CN(c1ccccc1C(=O)O)S(=O)(=O)c1ncccc1F. The summed E-state index contributed by atoms with van der Waals surface area (Å²) in [6.45, 7) is 0. The molecule has 2 rings (SSSR count). The number of hydrogen-bond acceptors (Lipinski definition) is 4. The maximum absolute atomic E-state index is 13.6. The van der Waals surface area contributed by atoms with Crippen molar-refractivity contribution in [2.45, 2.75) is 5.03 Å². The number of anilines is 1. The van der Waals surface area contributed by atoms with Crippen LogP contribution in [0, 0.1) is 5.82 Å². The zero-order valence-corrected chi connectivity index (χ0v) is 11.7. The number of hydrogen-bond donors (Lipinski definition) is 1. The van der Waals surface area contributed by atoms with Crippen LogP contribution in [0.1, 0.15) is 10.4 Å². The number of aromatic nitrogens is 1. The monoisotopic (exact) mass is 310 g/mol. The number of carboxylic acids is 1. The fraction of sp³-hybridized carbons (Fsp3) is 0.0769. The average Bonchev–Trinajstić information content (AvgIpc) is 2.46. The van der Waals surface area contributed by atoms with Crippen LogP contribution in [0.5, 0.6) is 0 Å². The molecule has 110 valence electrons. The first-order valence-corrected chi connectivity index (χ1v) is 7.21. The first-order valence-electron chi connectivity index (χ1n) is 5.77. The van der Waals surface area contributed by atoms with E-state index in [1.807, 2.05) is 0 Å². The molecule has 0 atom stereocenters. The molecule has 0 amide bonds. The number of carbonyl (C=O) groups is 1. The molecule has 0 bridgehead atoms. The molecular formula is C13H11FN2O4S. The van der Waals surface area contributed by atoms with Gasteiger partial charge in [0.2, 0.25) is 5.03 Å². The van der Waals surface area contributed by atoms with Crippen LogP contribution in [0.15, 0.2) is 47.6 Å². The zero-order chi connectivity index (χ0) is 15.6. The van der Waals surface area contributed by atoms with Gasteiger partial charge in [0.25, 0.3) is 10.0 Å². The van der Waals surface area contributed by atoms with E-state index in [9.17, 15) is 17.6 Å². The van der Waals surface area contributed by atoms with Gasteiger partial charge in [0.1, 0.15) is 0 Å². The topological polar surface area (TPSA) is 87.6 Å². The molecule has 0 spiro atoms. The highest BCUT2D eigenvalue weighted by Crippen LogP contribution is 2.25. The van der Waals surface area contributed by atoms with Crippen LogP contribution < -0.4 is 4.31 Å². The normalized spacial score (nSPS) is 11.1. The summed E-state index contributed by atoms with van der Waals surface area (Å²) in [4.78, 5) is 14.7. The molecule has 21 heavy (non-hydrogen) atoms. The van der Waals surface area contributed by atoms with E-state index >= 15 is 0 Å². The molecule has 0 saturated carbocycles. The Bertz CT molecular complexity index is 792. The summed E-state index contributed by atoms with van der Waals surface area (Å²) < 4.78 is 39.0. The first kappa shape index (κ1) is 14.9. The van der Waals surface area contributed by atoms with Crippen LogP contribution in [0.25, 0.3) is 0 Å². The van der Waals surface area contributed by atoms with E-state index in [0.717, 1.165) is 19.3 Å². The Morgan fingerprint density at radius 2 is 1.90 bits per heavy atom. The van der Waals surface area contributed by atoms with Gasteiger partial charge >= 0.3 is 5.97 Å². The van der Waals surface area contributed by atoms with Crippen LogP contribution in [0.2, 0.25) is 0 Å². The summed E-state index contributed by atoms with van der Waals surface area (Å²) in [6.07, 6.45) is 1.15. The molecular weight excluding hydrogens is 299 g/mol. The van der Waals surface area contributed by atoms with Crippen molar-refractivity contribution in [2.24, 2.45) is 0 Å². The van der Waals surface area contributed by atoms with Gasteiger partial charge < -0.3 is 5.11 Å². The Hall–Kier alpha value is -2.48. The smallest absolute Gasteiger partial charge is 0.337 e. The number of para-hydroxylation sites is 1. The molecule has 0 aliphatic rings. The standard InChI is InChI=1S/C13H11FN2O4S/c1-16(11-7-3-2-5-9(11)13(17)18)21(19,20)12-10(14)6-4-8-15-12/h2-8H,1H3,(H,17,18). The zero-order valence-electron chi connectivity index (χ0n) is 10.9. The van der Waals surface area contributed by atoms with Gasteiger partial charge in [-0.05, 0) is 24.3 Å². The Morgan fingerprint density at radius 3 is 2.52 bits per heavy atom. The summed E-state index contributed by atoms with van der Waals surface area (Å²) in [5, 5.41) is 8.34. The molecule has 1 heterocycles. The van der Waals surface area contributed by atoms with Crippen LogP contribution in [0.3, 0.4) is 0 Å². The maximum Gasteiger partial charge on any atom is 0.337 e. The number of sulfonamides is 1. The van der Waals surface area contributed by atoms with E-state index < -0.39 is 26.8 Å². The summed E-state index contributed by atoms with van der Waals surface area (Å²) >= 11 is 0. The molecule has 0 saturated heterocycles. The molecule has 6 nitrogen and oxygen atoms in total. The van der Waals surface area contributed by atoms with Gasteiger partial charge in [0.05, 0.1) is 11.3 Å². The second-order valence-corrected chi connectivity index (χ2v) is 5.97. The van der Waals surface area contributed by atoms with Gasteiger partial charge in [-0.25, -0.2) is 14.2 Å². The van der Waals surface area contributed by atoms with Crippen molar-refractivity contribution < 1.29 is 22.7 Å². The van der Waals surface area contributed by atoms with Gasteiger partial charge in [-0.3, -0.25) is 4.31 Å². The van der Waals surface area contributed by atoms with E-state index in [-0.39, 0.29) is 11.3 Å². The van der Waals surface area contributed by atoms with Gasteiger partial charge in [0, 0.05) is 13.2 Å². The van der Waals surface area contributed by atoms with Crippen molar-refractivity contribution in [3.63, 3.8) is 0 Å². The third kappa shape index (κ3) is 2.70. The minimum Gasteiger partial charge on any atom is -0.478 e. The lowest BCUT2D eigenvalue weighted by molar-refractivity contribution is 0.0698. The highest BCUT2D eigenvalue weighted by molar-refractivity contribution is 7.92. The quantitative estimate of drug-likeness (QED) is 0.929. The van der Waals surface area contributed by atoms with E-state index in [4.69, 9.17) is 5.11 Å². The van der Waals surface area contributed by atoms with Gasteiger partial charge in [-0.2, -0.15) is 8.42 Å². The lowest BCUT2D eigenvalue weighted by atomic mass is 10.2. The number of pyridine rings is 1. The molecule has 0 fully saturated rings. The van der Waals surface area contributed by atoms with Crippen LogP contribution in [0.4, 0.5) is 10.1 Å². The Kier molecular flexibility index (Phi) is 3.90. The number of carboxylic acid groups (broad SMARTS) is 1. The second kappa shape index (κ2) is 5.49. The lowest BCUT2D eigenvalue weighted by Gasteiger charge is -2.20. The van der Waals surface area contributed by atoms with Gasteiger partial charge in [-0.1, -0.05) is 12.1 Å². The number of benzene rings is 1.